The van der Waals surface area contributed by atoms with Crippen molar-refractivity contribution >= 4 is 11.6 Å². The normalized spacial score (nSPS) is 12.4. The number of aliphatic hydroxyl groups is 1. The highest BCUT2D eigenvalue weighted by atomic mass is 35.5. The third-order valence-corrected chi connectivity index (χ3v) is 2.77. The molecule has 1 atom stereocenters. The van der Waals surface area contributed by atoms with Gasteiger partial charge in [0.25, 0.3) is 0 Å². The minimum absolute atomic E-state index is 0.0358. The molecule has 2 nitrogen and oxygen atoms in total. The van der Waals surface area contributed by atoms with Crippen molar-refractivity contribution in [3.8, 4) is 0 Å². The number of hydrogen-bond acceptors (Lipinski definition) is 2. The third-order valence-electron chi connectivity index (χ3n) is 2.54. The highest BCUT2D eigenvalue weighted by Crippen LogP contribution is 2.22. The summed E-state index contributed by atoms with van der Waals surface area (Å²) in [6.45, 7) is 0. The van der Waals surface area contributed by atoms with E-state index in [2.05, 4.69) is 4.98 Å². The maximum atomic E-state index is 13.5. The second kappa shape index (κ2) is 5.42. The van der Waals surface area contributed by atoms with Gasteiger partial charge in [-0.3, -0.25) is 4.98 Å². The Morgan fingerprint density at radius 3 is 2.67 bits per heavy atom. The third kappa shape index (κ3) is 3.03. The fourth-order valence-electron chi connectivity index (χ4n) is 1.62. The van der Waals surface area contributed by atoms with Gasteiger partial charge in [0.2, 0.25) is 0 Å². The number of rotatable bonds is 3. The van der Waals surface area contributed by atoms with Crippen molar-refractivity contribution < 1.29 is 13.9 Å². The Balaban J connectivity index is 2.18. The summed E-state index contributed by atoms with van der Waals surface area (Å²) in [5, 5.41) is 10.2. The van der Waals surface area contributed by atoms with Crippen LogP contribution < -0.4 is 0 Å². The number of halogens is 3. The molecule has 0 radical (unpaired) electrons. The van der Waals surface area contributed by atoms with Gasteiger partial charge in [0.1, 0.15) is 11.6 Å². The Bertz CT molecular complexity index is 562. The Morgan fingerprint density at radius 2 is 2.00 bits per heavy atom. The minimum Gasteiger partial charge on any atom is -0.388 e. The molecule has 1 aromatic heterocycles. The van der Waals surface area contributed by atoms with E-state index in [0.29, 0.717) is 11.1 Å². The summed E-state index contributed by atoms with van der Waals surface area (Å²) in [6.07, 6.45) is 1.42. The summed E-state index contributed by atoms with van der Waals surface area (Å²) in [4.78, 5) is 3.63. The summed E-state index contributed by atoms with van der Waals surface area (Å²) >= 11 is 5.63. The van der Waals surface area contributed by atoms with Crippen LogP contribution >= 0.6 is 11.6 Å². The Kier molecular flexibility index (Phi) is 3.89. The standard InChI is InChI=1S/C13H10ClF2NO/c14-10-2-1-8(12(16)5-10)4-13(18)9-3-11(15)7-17-6-9/h1-3,5-7,13,18H,4H2. The minimum atomic E-state index is -1.01. The molecule has 0 saturated carbocycles. The molecule has 2 rings (SSSR count). The van der Waals surface area contributed by atoms with Crippen LogP contribution in [0.25, 0.3) is 0 Å². The fourth-order valence-corrected chi connectivity index (χ4v) is 1.78. The van der Waals surface area contributed by atoms with Crippen molar-refractivity contribution in [2.75, 3.05) is 0 Å². The lowest BCUT2D eigenvalue weighted by Crippen LogP contribution is -2.04. The van der Waals surface area contributed by atoms with Crippen LogP contribution in [0, 0.1) is 11.6 Å². The van der Waals surface area contributed by atoms with Gasteiger partial charge in [0, 0.05) is 23.2 Å². The second-order valence-corrected chi connectivity index (χ2v) is 4.33. The van der Waals surface area contributed by atoms with E-state index < -0.39 is 17.7 Å². The predicted octanol–water partition coefficient (Wildman–Crippen LogP) is 3.29. The van der Waals surface area contributed by atoms with Crippen molar-refractivity contribution in [3.05, 3.63) is 64.4 Å². The van der Waals surface area contributed by atoms with Crippen molar-refractivity contribution in [1.29, 1.82) is 0 Å². The zero-order valence-corrected chi connectivity index (χ0v) is 10.0. The van der Waals surface area contributed by atoms with Gasteiger partial charge in [-0.2, -0.15) is 0 Å². The topological polar surface area (TPSA) is 33.1 Å². The van der Waals surface area contributed by atoms with Crippen LogP contribution in [0.5, 0.6) is 0 Å². The molecule has 1 heterocycles. The first-order valence-electron chi connectivity index (χ1n) is 5.28. The van der Waals surface area contributed by atoms with Gasteiger partial charge in [0.05, 0.1) is 12.3 Å². The van der Waals surface area contributed by atoms with Crippen molar-refractivity contribution in [2.24, 2.45) is 0 Å². The van der Waals surface area contributed by atoms with Crippen LogP contribution in [0.15, 0.2) is 36.7 Å². The van der Waals surface area contributed by atoms with E-state index in [1.807, 2.05) is 0 Å². The monoisotopic (exact) mass is 269 g/mol. The molecule has 94 valence electrons. The SMILES string of the molecule is OC(Cc1ccc(Cl)cc1F)c1cncc(F)c1. The van der Waals surface area contributed by atoms with Crippen LogP contribution in [0.4, 0.5) is 8.78 Å². The quantitative estimate of drug-likeness (QED) is 0.927. The predicted molar refractivity (Wildman–Crippen MR) is 64.3 cm³/mol. The number of aromatic nitrogens is 1. The van der Waals surface area contributed by atoms with Crippen LogP contribution in [-0.2, 0) is 6.42 Å². The first kappa shape index (κ1) is 12.9. The van der Waals surface area contributed by atoms with Crippen LogP contribution in [0.3, 0.4) is 0 Å². The summed E-state index contributed by atoms with van der Waals surface area (Å²) < 4.78 is 26.5. The first-order valence-corrected chi connectivity index (χ1v) is 5.66. The molecule has 0 aliphatic carbocycles. The van der Waals surface area contributed by atoms with Crippen LogP contribution in [0.2, 0.25) is 5.02 Å². The molecule has 18 heavy (non-hydrogen) atoms. The summed E-state index contributed by atoms with van der Waals surface area (Å²) in [5.41, 5.74) is 0.625. The zero-order valence-electron chi connectivity index (χ0n) is 9.28. The molecule has 0 aliphatic heterocycles. The van der Waals surface area contributed by atoms with E-state index in [4.69, 9.17) is 11.6 Å². The number of aliphatic hydroxyl groups excluding tert-OH is 1. The molecule has 0 amide bonds. The molecule has 1 aromatic carbocycles. The van der Waals surface area contributed by atoms with E-state index >= 15 is 0 Å². The van der Waals surface area contributed by atoms with Crippen LogP contribution in [-0.4, -0.2) is 10.1 Å². The highest BCUT2D eigenvalue weighted by molar-refractivity contribution is 6.30. The van der Waals surface area contributed by atoms with Crippen LogP contribution in [0.1, 0.15) is 17.2 Å². The van der Waals surface area contributed by atoms with Gasteiger partial charge in [-0.05, 0) is 23.8 Å². The van der Waals surface area contributed by atoms with Gasteiger partial charge in [0.15, 0.2) is 0 Å². The van der Waals surface area contributed by atoms with Crippen molar-refractivity contribution in [1.82, 2.24) is 4.98 Å². The second-order valence-electron chi connectivity index (χ2n) is 3.89. The maximum absolute atomic E-state index is 13.5. The number of pyridine rings is 1. The Hall–Kier alpha value is -1.52. The molecule has 0 fully saturated rings. The van der Waals surface area contributed by atoms with E-state index in [0.717, 1.165) is 6.20 Å². The fraction of sp³-hybridized carbons (Fsp3) is 0.154. The first-order chi connectivity index (χ1) is 8.56. The van der Waals surface area contributed by atoms with Gasteiger partial charge in [-0.1, -0.05) is 17.7 Å². The van der Waals surface area contributed by atoms with Gasteiger partial charge in [-0.15, -0.1) is 0 Å². The largest absolute Gasteiger partial charge is 0.388 e. The average molecular weight is 270 g/mol. The van der Waals surface area contributed by atoms with E-state index in [9.17, 15) is 13.9 Å². The summed E-state index contributed by atoms with van der Waals surface area (Å²) in [5.74, 6) is -1.03. The summed E-state index contributed by atoms with van der Waals surface area (Å²) in [7, 11) is 0. The molecular weight excluding hydrogens is 260 g/mol. The molecule has 2 aromatic rings. The van der Waals surface area contributed by atoms with Crippen molar-refractivity contribution in [3.63, 3.8) is 0 Å². The lowest BCUT2D eigenvalue weighted by Gasteiger charge is -2.11. The molecule has 5 heteroatoms. The van der Waals surface area contributed by atoms with Gasteiger partial charge >= 0.3 is 0 Å². The molecule has 0 bridgehead atoms. The van der Waals surface area contributed by atoms with E-state index in [1.165, 1.54) is 30.5 Å². The molecule has 0 spiro atoms. The molecule has 0 saturated heterocycles. The number of benzene rings is 1. The highest BCUT2D eigenvalue weighted by Gasteiger charge is 2.13. The van der Waals surface area contributed by atoms with E-state index in [1.54, 1.807) is 0 Å². The van der Waals surface area contributed by atoms with E-state index in [-0.39, 0.29) is 11.4 Å². The zero-order chi connectivity index (χ0) is 13.1. The maximum Gasteiger partial charge on any atom is 0.141 e. The number of nitrogens with zero attached hydrogens (tertiary/aromatic N) is 1. The molecular formula is C13H10ClF2NO. The Morgan fingerprint density at radius 1 is 1.22 bits per heavy atom. The van der Waals surface area contributed by atoms with Gasteiger partial charge in [-0.25, -0.2) is 8.78 Å². The molecule has 1 unspecified atom stereocenters. The lowest BCUT2D eigenvalue weighted by atomic mass is 10.0. The van der Waals surface area contributed by atoms with Crippen molar-refractivity contribution in [2.45, 2.75) is 12.5 Å². The summed E-state index contributed by atoms with van der Waals surface area (Å²) in [6, 6.07) is 5.38. The molecule has 0 aliphatic rings. The number of hydrogen-bond donors (Lipinski definition) is 1. The lowest BCUT2D eigenvalue weighted by molar-refractivity contribution is 0.176. The smallest absolute Gasteiger partial charge is 0.141 e. The Labute approximate surface area is 108 Å². The molecule has 1 N–H and O–H groups in total. The average Bonchev–Trinajstić information content (AvgIpc) is 2.32. The van der Waals surface area contributed by atoms with Gasteiger partial charge < -0.3 is 5.11 Å².